The molecule has 0 N–H and O–H groups in total. The van der Waals surface area contributed by atoms with Crippen molar-refractivity contribution in [3.8, 4) is 0 Å². The van der Waals surface area contributed by atoms with Gasteiger partial charge in [0.15, 0.2) is 0 Å². The van der Waals surface area contributed by atoms with Crippen molar-refractivity contribution in [3.05, 3.63) is 0 Å². The summed E-state index contributed by atoms with van der Waals surface area (Å²) in [6.45, 7) is 3.16. The maximum atomic E-state index is 11.3. The summed E-state index contributed by atoms with van der Waals surface area (Å²) in [5.74, 6) is -1.16. The minimum absolute atomic E-state index is 0.215. The molecule has 1 heterocycles. The monoisotopic (exact) mass is 246 g/mol. The van der Waals surface area contributed by atoms with Crippen molar-refractivity contribution in [2.75, 3.05) is 26.6 Å². The molecule has 6 heteroatoms. The molecule has 0 radical (unpaired) electrons. The van der Waals surface area contributed by atoms with E-state index in [0.717, 1.165) is 12.8 Å². The van der Waals surface area contributed by atoms with Gasteiger partial charge in [0, 0.05) is 0 Å². The van der Waals surface area contributed by atoms with Crippen molar-refractivity contribution in [2.45, 2.75) is 32.3 Å². The largest absolute Gasteiger partial charge is 0.465 e. The van der Waals surface area contributed by atoms with Crippen LogP contribution in [0, 0.1) is 0 Å². The predicted molar refractivity (Wildman–Crippen MR) is 57.1 cm³/mol. The van der Waals surface area contributed by atoms with E-state index in [0.29, 0.717) is 19.8 Å². The lowest BCUT2D eigenvalue weighted by molar-refractivity contribution is -0.184. The Bertz CT molecular complexity index is 246. The van der Waals surface area contributed by atoms with Crippen LogP contribution in [0.1, 0.15) is 26.2 Å². The predicted octanol–water partition coefficient (Wildman–Crippen LogP) is 0.636. The maximum absolute atomic E-state index is 11.3. The third-order valence-electron chi connectivity index (χ3n) is 2.12. The van der Waals surface area contributed by atoms with Gasteiger partial charge in [0.1, 0.15) is 19.3 Å². The average Bonchev–Trinajstić information content (AvgIpc) is 2.30. The first-order chi connectivity index (χ1) is 8.22. The zero-order valence-corrected chi connectivity index (χ0v) is 9.98. The van der Waals surface area contributed by atoms with E-state index in [1.165, 1.54) is 0 Å². The Morgan fingerprint density at radius 2 is 1.94 bits per heavy atom. The SMILES string of the molecule is CCCCOC(=O)CC(=O)OC1COCOC1. The Hall–Kier alpha value is -1.14. The Kier molecular flexibility index (Phi) is 6.57. The van der Waals surface area contributed by atoms with Gasteiger partial charge in [-0.15, -0.1) is 0 Å². The molecule has 98 valence electrons. The van der Waals surface area contributed by atoms with Crippen molar-refractivity contribution in [1.82, 2.24) is 0 Å². The normalized spacial score (nSPS) is 16.5. The van der Waals surface area contributed by atoms with Crippen LogP contribution in [0.4, 0.5) is 0 Å². The number of carbonyl (C=O) groups excluding carboxylic acids is 2. The minimum atomic E-state index is -0.606. The Morgan fingerprint density at radius 3 is 2.59 bits per heavy atom. The van der Waals surface area contributed by atoms with Gasteiger partial charge in [-0.05, 0) is 6.42 Å². The lowest BCUT2D eigenvalue weighted by atomic mass is 10.3. The number of hydrogen-bond acceptors (Lipinski definition) is 6. The standard InChI is InChI=1S/C11H18O6/c1-2-3-4-16-10(12)5-11(13)17-9-6-14-8-15-7-9/h9H,2-8H2,1H3. The molecule has 0 aliphatic carbocycles. The van der Waals surface area contributed by atoms with E-state index < -0.39 is 18.0 Å². The fourth-order valence-electron chi connectivity index (χ4n) is 1.26. The number of hydrogen-bond donors (Lipinski definition) is 0. The summed E-state index contributed by atoms with van der Waals surface area (Å²) in [6.07, 6.45) is 0.944. The van der Waals surface area contributed by atoms with E-state index in [1.54, 1.807) is 0 Å². The zero-order valence-electron chi connectivity index (χ0n) is 9.98. The zero-order chi connectivity index (χ0) is 12.5. The first kappa shape index (κ1) is 13.9. The highest BCUT2D eigenvalue weighted by atomic mass is 16.7. The molecule has 1 aliphatic rings. The lowest BCUT2D eigenvalue weighted by Gasteiger charge is -2.22. The van der Waals surface area contributed by atoms with Crippen LogP contribution in [0.25, 0.3) is 0 Å². The molecule has 1 fully saturated rings. The minimum Gasteiger partial charge on any atom is -0.465 e. The van der Waals surface area contributed by atoms with Crippen LogP contribution in [-0.4, -0.2) is 44.7 Å². The van der Waals surface area contributed by atoms with Gasteiger partial charge in [-0.25, -0.2) is 0 Å². The molecule has 0 atom stereocenters. The maximum Gasteiger partial charge on any atom is 0.317 e. The molecule has 0 bridgehead atoms. The molecule has 0 unspecified atom stereocenters. The van der Waals surface area contributed by atoms with Crippen LogP contribution < -0.4 is 0 Å². The third kappa shape index (κ3) is 6.23. The second kappa shape index (κ2) is 8.03. The average molecular weight is 246 g/mol. The molecule has 0 aromatic heterocycles. The number of ether oxygens (including phenoxy) is 4. The summed E-state index contributed by atoms with van der Waals surface area (Å²) >= 11 is 0. The van der Waals surface area contributed by atoms with Crippen molar-refractivity contribution in [2.24, 2.45) is 0 Å². The fourth-order valence-corrected chi connectivity index (χ4v) is 1.26. The van der Waals surface area contributed by atoms with Gasteiger partial charge in [0.05, 0.1) is 19.8 Å². The number of rotatable bonds is 6. The fraction of sp³-hybridized carbons (Fsp3) is 0.818. The Balaban J connectivity index is 2.12. The molecular formula is C11H18O6. The molecule has 1 rings (SSSR count). The first-order valence-corrected chi connectivity index (χ1v) is 5.73. The topological polar surface area (TPSA) is 71.1 Å². The molecular weight excluding hydrogens is 228 g/mol. The summed E-state index contributed by atoms with van der Waals surface area (Å²) in [5.41, 5.74) is 0. The highest BCUT2D eigenvalue weighted by molar-refractivity contribution is 5.91. The van der Waals surface area contributed by atoms with Crippen molar-refractivity contribution in [3.63, 3.8) is 0 Å². The summed E-state index contributed by atoms with van der Waals surface area (Å²) in [5, 5.41) is 0. The lowest BCUT2D eigenvalue weighted by Crippen LogP contribution is -2.34. The first-order valence-electron chi connectivity index (χ1n) is 5.73. The van der Waals surface area contributed by atoms with Gasteiger partial charge >= 0.3 is 11.9 Å². The van der Waals surface area contributed by atoms with Crippen LogP contribution in [-0.2, 0) is 28.5 Å². The third-order valence-corrected chi connectivity index (χ3v) is 2.12. The Morgan fingerprint density at radius 1 is 1.24 bits per heavy atom. The van der Waals surface area contributed by atoms with E-state index in [-0.39, 0.29) is 13.2 Å². The molecule has 0 spiro atoms. The molecule has 1 saturated heterocycles. The van der Waals surface area contributed by atoms with Crippen LogP contribution >= 0.6 is 0 Å². The second-order valence-corrected chi connectivity index (χ2v) is 3.72. The number of unbranched alkanes of at least 4 members (excludes halogenated alkanes) is 1. The second-order valence-electron chi connectivity index (χ2n) is 3.72. The smallest absolute Gasteiger partial charge is 0.317 e. The van der Waals surface area contributed by atoms with E-state index in [9.17, 15) is 9.59 Å². The molecule has 0 amide bonds. The number of carbonyl (C=O) groups is 2. The molecule has 0 aromatic rings. The molecule has 6 nitrogen and oxygen atoms in total. The molecule has 1 aliphatic heterocycles. The van der Waals surface area contributed by atoms with Crippen LogP contribution in [0.3, 0.4) is 0 Å². The van der Waals surface area contributed by atoms with Crippen molar-refractivity contribution in [1.29, 1.82) is 0 Å². The van der Waals surface area contributed by atoms with Crippen LogP contribution in [0.2, 0.25) is 0 Å². The van der Waals surface area contributed by atoms with E-state index in [2.05, 4.69) is 0 Å². The molecule has 0 aromatic carbocycles. The van der Waals surface area contributed by atoms with Crippen LogP contribution in [0.5, 0.6) is 0 Å². The van der Waals surface area contributed by atoms with Gasteiger partial charge in [-0.1, -0.05) is 13.3 Å². The summed E-state index contributed by atoms with van der Waals surface area (Å²) in [4.78, 5) is 22.5. The quantitative estimate of drug-likeness (QED) is 0.389. The summed E-state index contributed by atoms with van der Waals surface area (Å²) in [7, 11) is 0. The van der Waals surface area contributed by atoms with Gasteiger partial charge < -0.3 is 18.9 Å². The highest BCUT2D eigenvalue weighted by Gasteiger charge is 2.20. The van der Waals surface area contributed by atoms with E-state index in [1.807, 2.05) is 6.92 Å². The summed E-state index contributed by atoms with van der Waals surface area (Å²) in [6, 6.07) is 0. The van der Waals surface area contributed by atoms with Gasteiger partial charge in [0.25, 0.3) is 0 Å². The van der Waals surface area contributed by atoms with Crippen molar-refractivity contribution >= 4 is 11.9 Å². The number of esters is 2. The summed E-state index contributed by atoms with van der Waals surface area (Å²) < 4.78 is 19.7. The molecule has 17 heavy (non-hydrogen) atoms. The van der Waals surface area contributed by atoms with E-state index >= 15 is 0 Å². The van der Waals surface area contributed by atoms with Crippen LogP contribution in [0.15, 0.2) is 0 Å². The highest BCUT2D eigenvalue weighted by Crippen LogP contribution is 2.04. The van der Waals surface area contributed by atoms with Crippen molar-refractivity contribution < 1.29 is 28.5 Å². The molecule has 0 saturated carbocycles. The van der Waals surface area contributed by atoms with E-state index in [4.69, 9.17) is 18.9 Å². The van der Waals surface area contributed by atoms with Gasteiger partial charge in [-0.3, -0.25) is 9.59 Å². The van der Waals surface area contributed by atoms with Gasteiger partial charge in [0.2, 0.25) is 0 Å². The Labute approximate surface area is 100 Å². The van der Waals surface area contributed by atoms with Gasteiger partial charge in [-0.2, -0.15) is 0 Å².